The van der Waals surface area contributed by atoms with Gasteiger partial charge < -0.3 is 25.5 Å². The largest absolute Gasteiger partial charge is 0.504 e. The third-order valence-corrected chi connectivity index (χ3v) is 1.64. The summed E-state index contributed by atoms with van der Waals surface area (Å²) in [6, 6.07) is 2.39. The number of phenolic OH excluding ortho intramolecular Hbond substituents is 2. The Hall–Kier alpha value is -2.77. The number of phenols is 2. The van der Waals surface area contributed by atoms with Crippen LogP contribution < -0.4 is 0 Å². The summed E-state index contributed by atoms with van der Waals surface area (Å²) in [6.07, 6.45) is 0. The van der Waals surface area contributed by atoms with Crippen LogP contribution in [0, 0.1) is 6.92 Å². The van der Waals surface area contributed by atoms with Gasteiger partial charge in [0, 0.05) is 19.4 Å². The summed E-state index contributed by atoms with van der Waals surface area (Å²) in [6.45, 7) is 3.60. The Balaban J connectivity index is 0. The Bertz CT molecular complexity index is 472. The van der Waals surface area contributed by atoms with Crippen molar-refractivity contribution in [3.63, 3.8) is 0 Å². The second kappa shape index (κ2) is 9.20. The van der Waals surface area contributed by atoms with E-state index in [0.29, 0.717) is 0 Å². The molecule has 0 bridgehead atoms. The number of rotatable bonds is 1. The minimum absolute atomic E-state index is 0.00898. The van der Waals surface area contributed by atoms with E-state index in [1.165, 1.54) is 13.0 Å². The third-order valence-electron chi connectivity index (χ3n) is 1.64. The van der Waals surface area contributed by atoms with Crippen LogP contribution in [0.15, 0.2) is 12.1 Å². The van der Waals surface area contributed by atoms with Crippen molar-refractivity contribution in [3.05, 3.63) is 23.3 Å². The molecule has 0 spiro atoms. The number of aromatic hydroxyl groups is 2. The predicted molar refractivity (Wildman–Crippen MR) is 68.1 cm³/mol. The van der Waals surface area contributed by atoms with Crippen molar-refractivity contribution in [2.45, 2.75) is 20.8 Å². The molecule has 1 aromatic rings. The van der Waals surface area contributed by atoms with Crippen molar-refractivity contribution in [2.24, 2.45) is 0 Å². The molecular formula is C12H16O8. The number of hydrogen-bond donors (Lipinski definition) is 5. The van der Waals surface area contributed by atoms with Crippen LogP contribution in [0.5, 0.6) is 11.5 Å². The van der Waals surface area contributed by atoms with Crippen LogP contribution in [0.2, 0.25) is 0 Å². The monoisotopic (exact) mass is 288 g/mol. The lowest BCUT2D eigenvalue weighted by Crippen LogP contribution is -1.99. The number of aliphatic carboxylic acids is 2. The normalized spacial score (nSPS) is 8.35. The highest BCUT2D eigenvalue weighted by Gasteiger charge is 2.12. The Kier molecular flexibility index (Phi) is 9.00. The fourth-order valence-electron chi connectivity index (χ4n) is 0.918. The highest BCUT2D eigenvalue weighted by atomic mass is 16.4. The van der Waals surface area contributed by atoms with Gasteiger partial charge in [-0.15, -0.1) is 0 Å². The van der Waals surface area contributed by atoms with E-state index in [9.17, 15) is 4.79 Å². The van der Waals surface area contributed by atoms with Crippen LogP contribution in [0.25, 0.3) is 0 Å². The summed E-state index contributed by atoms with van der Waals surface area (Å²) < 4.78 is 0. The molecule has 1 aromatic carbocycles. The van der Waals surface area contributed by atoms with E-state index in [2.05, 4.69) is 0 Å². The first-order valence-electron chi connectivity index (χ1n) is 5.14. The summed E-state index contributed by atoms with van der Waals surface area (Å²) in [7, 11) is 0. The molecule has 8 heteroatoms. The average molecular weight is 288 g/mol. The Morgan fingerprint density at radius 3 is 1.55 bits per heavy atom. The smallest absolute Gasteiger partial charge is 0.336 e. The topological polar surface area (TPSA) is 152 Å². The SMILES string of the molecule is CC(=O)O.CC(=O)O.Cc1c(C(=O)O)ccc(O)c1O. The maximum absolute atomic E-state index is 10.5. The van der Waals surface area contributed by atoms with Gasteiger partial charge in [-0.25, -0.2) is 4.79 Å². The van der Waals surface area contributed by atoms with Crippen LogP contribution in [-0.2, 0) is 9.59 Å². The van der Waals surface area contributed by atoms with Crippen LogP contribution in [0.3, 0.4) is 0 Å². The number of carboxylic acid groups (broad SMARTS) is 3. The van der Waals surface area contributed by atoms with E-state index in [4.69, 9.17) is 35.1 Å². The summed E-state index contributed by atoms with van der Waals surface area (Å²) >= 11 is 0. The summed E-state index contributed by atoms with van der Waals surface area (Å²) in [4.78, 5) is 28.5. The van der Waals surface area contributed by atoms with Gasteiger partial charge in [0.25, 0.3) is 11.9 Å². The Morgan fingerprint density at radius 1 is 0.900 bits per heavy atom. The van der Waals surface area contributed by atoms with Crippen LogP contribution in [-0.4, -0.2) is 43.4 Å². The molecule has 0 atom stereocenters. The van der Waals surface area contributed by atoms with Crippen LogP contribution >= 0.6 is 0 Å². The number of hydrogen-bond acceptors (Lipinski definition) is 5. The fourth-order valence-corrected chi connectivity index (χ4v) is 0.918. The maximum Gasteiger partial charge on any atom is 0.336 e. The van der Waals surface area contributed by atoms with Gasteiger partial charge >= 0.3 is 5.97 Å². The summed E-state index contributed by atoms with van der Waals surface area (Å²) in [5.74, 6) is -3.48. The van der Waals surface area contributed by atoms with Crippen molar-refractivity contribution in [1.29, 1.82) is 0 Å². The van der Waals surface area contributed by atoms with Crippen molar-refractivity contribution < 1.29 is 39.9 Å². The van der Waals surface area contributed by atoms with E-state index < -0.39 is 17.9 Å². The molecule has 0 aliphatic heterocycles. The molecule has 0 amide bonds. The van der Waals surface area contributed by atoms with Crippen molar-refractivity contribution in [2.75, 3.05) is 0 Å². The molecule has 0 aliphatic carbocycles. The molecule has 0 unspecified atom stereocenters. The fraction of sp³-hybridized carbons (Fsp3) is 0.250. The molecule has 0 aliphatic rings. The highest BCUT2D eigenvalue weighted by molar-refractivity contribution is 5.90. The van der Waals surface area contributed by atoms with Gasteiger partial charge in [-0.3, -0.25) is 9.59 Å². The van der Waals surface area contributed by atoms with Gasteiger partial charge in [0.1, 0.15) is 0 Å². The second-order valence-corrected chi connectivity index (χ2v) is 3.45. The van der Waals surface area contributed by atoms with Gasteiger partial charge in [0.2, 0.25) is 0 Å². The highest BCUT2D eigenvalue weighted by Crippen LogP contribution is 2.30. The number of carbonyl (C=O) groups is 3. The van der Waals surface area contributed by atoms with Gasteiger partial charge in [-0.05, 0) is 19.1 Å². The zero-order chi connectivity index (χ0) is 16.5. The van der Waals surface area contributed by atoms with Crippen molar-refractivity contribution in [3.8, 4) is 11.5 Å². The average Bonchev–Trinajstić information content (AvgIpc) is 2.24. The Morgan fingerprint density at radius 2 is 1.25 bits per heavy atom. The number of aromatic carboxylic acids is 1. The predicted octanol–water partition coefficient (Wildman–Crippen LogP) is 1.29. The quantitative estimate of drug-likeness (QED) is 0.484. The first-order chi connectivity index (χ1) is 9.00. The molecular weight excluding hydrogens is 272 g/mol. The zero-order valence-electron chi connectivity index (χ0n) is 11.1. The second-order valence-electron chi connectivity index (χ2n) is 3.45. The minimum Gasteiger partial charge on any atom is -0.504 e. The molecule has 8 nitrogen and oxygen atoms in total. The van der Waals surface area contributed by atoms with E-state index >= 15 is 0 Å². The van der Waals surface area contributed by atoms with Crippen molar-refractivity contribution >= 4 is 17.9 Å². The van der Waals surface area contributed by atoms with E-state index in [1.807, 2.05) is 0 Å². The van der Waals surface area contributed by atoms with Gasteiger partial charge in [-0.2, -0.15) is 0 Å². The number of benzene rings is 1. The first-order valence-corrected chi connectivity index (χ1v) is 5.14. The lowest BCUT2D eigenvalue weighted by Gasteiger charge is -2.04. The van der Waals surface area contributed by atoms with Gasteiger partial charge in [0.15, 0.2) is 11.5 Å². The molecule has 5 N–H and O–H groups in total. The lowest BCUT2D eigenvalue weighted by atomic mass is 10.1. The maximum atomic E-state index is 10.5. The molecule has 112 valence electrons. The minimum atomic E-state index is -1.12. The summed E-state index contributed by atoms with van der Waals surface area (Å²) in [5.41, 5.74) is 0.160. The van der Waals surface area contributed by atoms with Crippen LogP contribution in [0.4, 0.5) is 0 Å². The molecule has 0 fully saturated rings. The molecule has 0 radical (unpaired) electrons. The summed E-state index contributed by atoms with van der Waals surface area (Å²) in [5, 5.41) is 41.5. The molecule has 0 heterocycles. The van der Waals surface area contributed by atoms with E-state index in [-0.39, 0.29) is 22.6 Å². The van der Waals surface area contributed by atoms with Gasteiger partial charge in [-0.1, -0.05) is 0 Å². The van der Waals surface area contributed by atoms with E-state index in [0.717, 1.165) is 19.9 Å². The Labute approximate surface area is 114 Å². The first kappa shape index (κ1) is 19.6. The zero-order valence-corrected chi connectivity index (χ0v) is 11.1. The molecule has 0 aromatic heterocycles. The van der Waals surface area contributed by atoms with Gasteiger partial charge in [0.05, 0.1) is 5.56 Å². The van der Waals surface area contributed by atoms with E-state index in [1.54, 1.807) is 0 Å². The molecule has 20 heavy (non-hydrogen) atoms. The van der Waals surface area contributed by atoms with Crippen LogP contribution in [0.1, 0.15) is 29.8 Å². The third kappa shape index (κ3) is 9.28. The lowest BCUT2D eigenvalue weighted by molar-refractivity contribution is -0.135. The molecule has 1 rings (SSSR count). The number of carboxylic acids is 3. The van der Waals surface area contributed by atoms with Crippen molar-refractivity contribution in [1.82, 2.24) is 0 Å². The molecule has 0 saturated carbocycles. The molecule has 0 saturated heterocycles. The standard InChI is InChI=1S/C8H8O4.2C2H4O2/c1-4-5(8(11)12)2-3-6(9)7(4)10;2*1-2(3)4/h2-3,9-10H,1H3,(H,11,12);2*1H3,(H,3,4).